The van der Waals surface area contributed by atoms with Gasteiger partial charge in [-0.2, -0.15) is 5.10 Å². The summed E-state index contributed by atoms with van der Waals surface area (Å²) in [6.07, 6.45) is 3.95. The number of aryl methyl sites for hydroxylation is 1. The number of benzene rings is 1. The fraction of sp³-hybridized carbons (Fsp3) is 0.250. The number of hydrazine groups is 1. The van der Waals surface area contributed by atoms with Gasteiger partial charge in [-0.05, 0) is 30.2 Å². The summed E-state index contributed by atoms with van der Waals surface area (Å²) in [6.45, 7) is 0. The van der Waals surface area contributed by atoms with E-state index < -0.39 is 0 Å². The Labute approximate surface area is 110 Å². The van der Waals surface area contributed by atoms with Gasteiger partial charge in [0, 0.05) is 23.8 Å². The minimum Gasteiger partial charge on any atom is -0.275 e. The Bertz CT molecular complexity index is 541. The van der Waals surface area contributed by atoms with Gasteiger partial charge in [0.05, 0.1) is 12.2 Å². The molecule has 2 rings (SSSR count). The molecule has 0 aliphatic heterocycles. The monoisotopic (exact) mass is 268 g/mol. The molecular formula is C12H14ClFN4. The third-order valence-electron chi connectivity index (χ3n) is 2.76. The Hall–Kier alpha value is -1.43. The van der Waals surface area contributed by atoms with Crippen LogP contribution in [-0.2, 0) is 13.5 Å². The molecular weight excluding hydrogens is 255 g/mol. The molecule has 1 heterocycles. The zero-order chi connectivity index (χ0) is 13.1. The van der Waals surface area contributed by atoms with E-state index in [-0.39, 0.29) is 11.9 Å². The van der Waals surface area contributed by atoms with Crippen LogP contribution >= 0.6 is 11.6 Å². The van der Waals surface area contributed by atoms with Gasteiger partial charge >= 0.3 is 0 Å². The molecule has 18 heavy (non-hydrogen) atoms. The van der Waals surface area contributed by atoms with Crippen LogP contribution in [0.2, 0.25) is 5.02 Å². The van der Waals surface area contributed by atoms with Gasteiger partial charge in [-0.15, -0.1) is 0 Å². The van der Waals surface area contributed by atoms with E-state index in [2.05, 4.69) is 10.5 Å². The first-order valence-electron chi connectivity index (χ1n) is 5.48. The summed E-state index contributed by atoms with van der Waals surface area (Å²) in [5.74, 6) is 5.22. The van der Waals surface area contributed by atoms with Crippen molar-refractivity contribution in [3.63, 3.8) is 0 Å². The van der Waals surface area contributed by atoms with E-state index >= 15 is 0 Å². The summed E-state index contributed by atoms with van der Waals surface area (Å²) in [4.78, 5) is 0. The van der Waals surface area contributed by atoms with Crippen LogP contribution in [0.5, 0.6) is 0 Å². The van der Waals surface area contributed by atoms with Gasteiger partial charge in [0.1, 0.15) is 5.82 Å². The van der Waals surface area contributed by atoms with Crippen molar-refractivity contribution in [1.82, 2.24) is 15.2 Å². The molecule has 1 aromatic carbocycles. The third kappa shape index (κ3) is 2.87. The molecule has 6 heteroatoms. The van der Waals surface area contributed by atoms with Gasteiger partial charge in [0.15, 0.2) is 0 Å². The largest absolute Gasteiger partial charge is 0.275 e. The molecule has 0 bridgehead atoms. The van der Waals surface area contributed by atoms with Gasteiger partial charge in [-0.1, -0.05) is 11.6 Å². The summed E-state index contributed by atoms with van der Waals surface area (Å²) in [5, 5.41) is 4.58. The van der Waals surface area contributed by atoms with Crippen molar-refractivity contribution in [2.75, 3.05) is 0 Å². The highest BCUT2D eigenvalue weighted by Crippen LogP contribution is 2.21. The van der Waals surface area contributed by atoms with Crippen molar-refractivity contribution in [3.05, 3.63) is 52.6 Å². The Morgan fingerprint density at radius 3 is 2.94 bits per heavy atom. The van der Waals surface area contributed by atoms with E-state index in [1.807, 2.05) is 13.2 Å². The first-order valence-corrected chi connectivity index (χ1v) is 5.86. The van der Waals surface area contributed by atoms with E-state index in [9.17, 15) is 4.39 Å². The van der Waals surface area contributed by atoms with Crippen LogP contribution < -0.4 is 11.3 Å². The van der Waals surface area contributed by atoms with E-state index in [4.69, 9.17) is 17.4 Å². The number of aromatic nitrogens is 2. The summed E-state index contributed by atoms with van der Waals surface area (Å²) in [6, 6.07) is 4.29. The van der Waals surface area contributed by atoms with E-state index in [0.29, 0.717) is 17.0 Å². The predicted octanol–water partition coefficient (Wildman–Crippen LogP) is 1.96. The molecule has 0 saturated carbocycles. The summed E-state index contributed by atoms with van der Waals surface area (Å²) < 4.78 is 15.3. The van der Waals surface area contributed by atoms with E-state index in [0.717, 1.165) is 5.56 Å². The maximum absolute atomic E-state index is 13.6. The maximum Gasteiger partial charge on any atom is 0.126 e. The fourth-order valence-electron chi connectivity index (χ4n) is 1.81. The molecule has 0 spiro atoms. The Morgan fingerprint density at radius 2 is 2.33 bits per heavy atom. The van der Waals surface area contributed by atoms with Crippen LogP contribution in [0.3, 0.4) is 0 Å². The number of nitrogens with one attached hydrogen (secondary N) is 1. The van der Waals surface area contributed by atoms with Crippen LogP contribution in [0.1, 0.15) is 17.2 Å². The summed E-state index contributed by atoms with van der Waals surface area (Å²) in [7, 11) is 1.82. The lowest BCUT2D eigenvalue weighted by atomic mass is 10.0. The van der Waals surface area contributed by atoms with Gasteiger partial charge in [-0.25, -0.2) is 4.39 Å². The quantitative estimate of drug-likeness (QED) is 0.658. The molecule has 0 saturated heterocycles. The lowest BCUT2D eigenvalue weighted by Gasteiger charge is -2.14. The molecule has 0 amide bonds. The number of hydrogen-bond donors (Lipinski definition) is 2. The smallest absolute Gasteiger partial charge is 0.126 e. The zero-order valence-electron chi connectivity index (χ0n) is 9.90. The van der Waals surface area contributed by atoms with Crippen molar-refractivity contribution >= 4 is 11.6 Å². The minimum atomic E-state index is -0.288. The van der Waals surface area contributed by atoms with Crippen LogP contribution in [0.4, 0.5) is 4.39 Å². The van der Waals surface area contributed by atoms with Crippen LogP contribution in [-0.4, -0.2) is 9.78 Å². The van der Waals surface area contributed by atoms with Gasteiger partial charge < -0.3 is 0 Å². The molecule has 0 aliphatic rings. The normalized spacial score (nSPS) is 12.7. The standard InChI is InChI=1S/C12H14ClFN4/c1-18-7-9(6-16-18)12(17-15)5-8-4-10(13)2-3-11(8)14/h2-4,6-7,12,17H,5,15H2,1H3. The van der Waals surface area contributed by atoms with E-state index in [1.165, 1.54) is 12.1 Å². The number of halogens is 2. The number of nitrogens with two attached hydrogens (primary N) is 1. The van der Waals surface area contributed by atoms with Crippen molar-refractivity contribution in [3.8, 4) is 0 Å². The molecule has 4 nitrogen and oxygen atoms in total. The SMILES string of the molecule is Cn1cc(C(Cc2cc(Cl)ccc2F)NN)cn1. The molecule has 2 aromatic rings. The van der Waals surface area contributed by atoms with Crippen LogP contribution in [0, 0.1) is 5.82 Å². The van der Waals surface area contributed by atoms with Gasteiger partial charge in [0.25, 0.3) is 0 Å². The van der Waals surface area contributed by atoms with Crippen molar-refractivity contribution in [2.24, 2.45) is 12.9 Å². The minimum absolute atomic E-state index is 0.202. The second-order valence-corrected chi connectivity index (χ2v) is 4.54. The molecule has 96 valence electrons. The molecule has 0 aliphatic carbocycles. The highest BCUT2D eigenvalue weighted by atomic mass is 35.5. The van der Waals surface area contributed by atoms with Crippen molar-refractivity contribution in [1.29, 1.82) is 0 Å². The topological polar surface area (TPSA) is 55.9 Å². The molecule has 1 unspecified atom stereocenters. The molecule has 0 fully saturated rings. The van der Waals surface area contributed by atoms with Crippen molar-refractivity contribution in [2.45, 2.75) is 12.5 Å². The maximum atomic E-state index is 13.6. The van der Waals surface area contributed by atoms with Gasteiger partial charge in [0.2, 0.25) is 0 Å². The Morgan fingerprint density at radius 1 is 1.56 bits per heavy atom. The summed E-state index contributed by atoms with van der Waals surface area (Å²) >= 11 is 5.86. The zero-order valence-corrected chi connectivity index (χ0v) is 10.7. The predicted molar refractivity (Wildman–Crippen MR) is 68.4 cm³/mol. The number of rotatable bonds is 4. The van der Waals surface area contributed by atoms with Crippen LogP contribution in [0.25, 0.3) is 0 Å². The first kappa shape index (κ1) is 13.0. The fourth-order valence-corrected chi connectivity index (χ4v) is 2.01. The number of hydrogen-bond acceptors (Lipinski definition) is 3. The van der Waals surface area contributed by atoms with Gasteiger partial charge in [-0.3, -0.25) is 16.0 Å². The molecule has 1 aromatic heterocycles. The second kappa shape index (κ2) is 5.48. The van der Waals surface area contributed by atoms with Crippen LogP contribution in [0.15, 0.2) is 30.6 Å². The highest BCUT2D eigenvalue weighted by molar-refractivity contribution is 6.30. The molecule has 0 radical (unpaired) electrons. The lowest BCUT2D eigenvalue weighted by Crippen LogP contribution is -2.29. The van der Waals surface area contributed by atoms with E-state index in [1.54, 1.807) is 16.9 Å². The second-order valence-electron chi connectivity index (χ2n) is 4.11. The van der Waals surface area contributed by atoms with Crippen molar-refractivity contribution < 1.29 is 4.39 Å². The number of nitrogens with zero attached hydrogens (tertiary/aromatic N) is 2. The molecule has 3 N–H and O–H groups in total. The highest BCUT2D eigenvalue weighted by Gasteiger charge is 2.15. The first-order chi connectivity index (χ1) is 8.60. The third-order valence-corrected chi connectivity index (χ3v) is 3.00. The lowest BCUT2D eigenvalue weighted by molar-refractivity contribution is 0.529. The Kier molecular flexibility index (Phi) is 3.96. The summed E-state index contributed by atoms with van der Waals surface area (Å²) in [5.41, 5.74) is 4.09. The average Bonchev–Trinajstić information content (AvgIpc) is 2.77. The molecule has 1 atom stereocenters. The Balaban J connectivity index is 2.22. The average molecular weight is 269 g/mol.